The number of piperidine rings is 4. The van der Waals surface area contributed by atoms with E-state index in [1.807, 2.05) is 24.3 Å². The van der Waals surface area contributed by atoms with E-state index in [4.69, 9.17) is 9.73 Å². The molecule has 5 heterocycles. The minimum atomic E-state index is -0.912. The Morgan fingerprint density at radius 2 is 2.11 bits per heavy atom. The molecule has 1 N–H and O–H groups in total. The van der Waals surface area contributed by atoms with Gasteiger partial charge in [-0.05, 0) is 24.5 Å². The zero-order valence-electron chi connectivity index (χ0n) is 15.7. The molecule has 0 aromatic heterocycles. The summed E-state index contributed by atoms with van der Waals surface area (Å²) < 4.78 is 5.39. The maximum absolute atomic E-state index is 14.3. The number of para-hydroxylation sites is 1. The molecule has 7 rings (SSSR count). The number of carbonyl (C=O) groups excluding carboxylic acids is 1. The Morgan fingerprint density at radius 3 is 2.82 bits per heavy atom. The molecule has 7 heteroatoms. The fraction of sp³-hybridized carbons (Fsp3) is 0.571. The van der Waals surface area contributed by atoms with Gasteiger partial charge in [-0.25, -0.2) is 0 Å². The van der Waals surface area contributed by atoms with E-state index in [1.54, 1.807) is 6.92 Å². The van der Waals surface area contributed by atoms with E-state index < -0.39 is 34.1 Å². The van der Waals surface area contributed by atoms with Crippen molar-refractivity contribution in [2.24, 2.45) is 22.7 Å². The SMILES string of the molecule is CC(=O)OC1[C@H]2[C@H]3C[C@H]4C5=Nc6ccccc6[C@]51C[C@@H]2[N+]4([O-])C(C)[C@@H]3C(=O)O. The van der Waals surface area contributed by atoms with Gasteiger partial charge in [0.15, 0.2) is 0 Å². The number of quaternary nitrogens is 1. The molecule has 5 aliphatic heterocycles. The van der Waals surface area contributed by atoms with E-state index in [9.17, 15) is 19.9 Å². The Bertz CT molecular complexity index is 975. The molecule has 1 aromatic carbocycles. The quantitative estimate of drug-likeness (QED) is 0.480. The summed E-state index contributed by atoms with van der Waals surface area (Å²) in [6, 6.07) is 6.75. The number of hydroxylamine groups is 3. The van der Waals surface area contributed by atoms with Gasteiger partial charge in [-0.2, -0.15) is 0 Å². The highest BCUT2D eigenvalue weighted by molar-refractivity contribution is 6.07. The Hall–Kier alpha value is -2.25. The molecule has 1 saturated carbocycles. The number of carboxylic acids is 1. The number of esters is 1. The molecule has 5 bridgehead atoms. The lowest BCUT2D eigenvalue weighted by Gasteiger charge is -2.69. The maximum atomic E-state index is 14.3. The van der Waals surface area contributed by atoms with Gasteiger partial charge in [-0.1, -0.05) is 18.2 Å². The molecule has 4 saturated heterocycles. The summed E-state index contributed by atoms with van der Waals surface area (Å²) in [6.07, 6.45) is 0.576. The summed E-state index contributed by atoms with van der Waals surface area (Å²) >= 11 is 0. The number of nitrogens with zero attached hydrogens (tertiary/aromatic N) is 2. The summed E-state index contributed by atoms with van der Waals surface area (Å²) in [5, 5.41) is 24.2. The second kappa shape index (κ2) is 4.83. The average Bonchev–Trinajstić information content (AvgIpc) is 3.10. The van der Waals surface area contributed by atoms with Crippen LogP contribution in [0, 0.1) is 23.0 Å². The van der Waals surface area contributed by atoms with Gasteiger partial charge in [-0.3, -0.25) is 14.6 Å². The first kappa shape index (κ1) is 16.7. The zero-order chi connectivity index (χ0) is 19.6. The monoisotopic (exact) mass is 382 g/mol. The van der Waals surface area contributed by atoms with Crippen LogP contribution in [-0.2, 0) is 19.7 Å². The van der Waals surface area contributed by atoms with Crippen molar-refractivity contribution in [2.45, 2.75) is 56.3 Å². The highest BCUT2D eigenvalue weighted by Gasteiger charge is 2.80. The van der Waals surface area contributed by atoms with E-state index in [-0.39, 0.29) is 29.9 Å². The van der Waals surface area contributed by atoms with Crippen LogP contribution in [0.4, 0.5) is 5.69 Å². The number of hydrogen-bond donors (Lipinski definition) is 1. The largest absolute Gasteiger partial charge is 0.632 e. The fourth-order valence-corrected chi connectivity index (χ4v) is 7.68. The maximum Gasteiger partial charge on any atom is 0.312 e. The van der Waals surface area contributed by atoms with Crippen LogP contribution in [-0.4, -0.2) is 51.6 Å². The van der Waals surface area contributed by atoms with Gasteiger partial charge in [0.05, 0.1) is 28.8 Å². The second-order valence-electron chi connectivity index (χ2n) is 9.15. The average molecular weight is 382 g/mol. The third-order valence-corrected chi connectivity index (χ3v) is 8.40. The predicted molar refractivity (Wildman–Crippen MR) is 98.8 cm³/mol. The number of carboxylic acid groups (broad SMARTS) is 1. The number of hydrogen-bond acceptors (Lipinski definition) is 5. The zero-order valence-corrected chi connectivity index (χ0v) is 15.7. The van der Waals surface area contributed by atoms with Crippen molar-refractivity contribution < 1.29 is 24.1 Å². The molecule has 9 atom stereocenters. The van der Waals surface area contributed by atoms with Crippen molar-refractivity contribution >= 4 is 23.3 Å². The van der Waals surface area contributed by atoms with Crippen LogP contribution in [0.5, 0.6) is 0 Å². The van der Waals surface area contributed by atoms with E-state index in [1.165, 1.54) is 6.92 Å². The van der Waals surface area contributed by atoms with Crippen LogP contribution in [0.15, 0.2) is 29.3 Å². The topological polar surface area (TPSA) is 99.0 Å². The van der Waals surface area contributed by atoms with Crippen LogP contribution in [0.3, 0.4) is 0 Å². The standard InChI is InChI=1S/C21H22N2O5/c1-9-16(20(25)26)11-7-14-18-21(12-5-3-4-6-13(12)22-18)8-15(23(9,14)27)17(11)19(21)28-10(2)24/h3-6,9,11,14-17,19H,7-8H2,1-2H3,(H,25,26)/t9?,11-,14-,15-,16-,17-,19?,21+,23?/m0/s1. The first-order valence-electron chi connectivity index (χ1n) is 9.99. The molecular formula is C21H22N2O5. The third kappa shape index (κ3) is 1.53. The summed E-state index contributed by atoms with van der Waals surface area (Å²) in [5.41, 5.74) is 2.14. The van der Waals surface area contributed by atoms with Crippen molar-refractivity contribution in [3.63, 3.8) is 0 Å². The normalized spacial score (nSPS) is 48.8. The van der Waals surface area contributed by atoms with Gasteiger partial charge in [0.2, 0.25) is 0 Å². The lowest BCUT2D eigenvalue weighted by atomic mass is 9.61. The first-order valence-corrected chi connectivity index (χ1v) is 9.99. The number of fused-ring (bicyclic) bond motifs is 2. The van der Waals surface area contributed by atoms with Crippen molar-refractivity contribution in [1.82, 2.24) is 0 Å². The molecule has 0 amide bonds. The van der Waals surface area contributed by atoms with Crippen molar-refractivity contribution in [3.8, 4) is 0 Å². The third-order valence-electron chi connectivity index (χ3n) is 8.40. The second-order valence-corrected chi connectivity index (χ2v) is 9.15. The first-order chi connectivity index (χ1) is 13.3. The highest BCUT2D eigenvalue weighted by atomic mass is 16.6. The molecule has 3 unspecified atom stereocenters. The van der Waals surface area contributed by atoms with Crippen molar-refractivity contribution in [1.29, 1.82) is 0 Å². The van der Waals surface area contributed by atoms with E-state index in [0.29, 0.717) is 12.8 Å². The van der Waals surface area contributed by atoms with Crippen LogP contribution in [0.1, 0.15) is 32.3 Å². The summed E-state index contributed by atoms with van der Waals surface area (Å²) in [7, 11) is 0. The molecule has 1 spiro atoms. The molecule has 7 nitrogen and oxygen atoms in total. The number of aliphatic imine (C=N–C) groups is 1. The number of ether oxygens (including phenoxy) is 1. The molecule has 0 radical (unpaired) electrons. The van der Waals surface area contributed by atoms with Crippen molar-refractivity contribution in [3.05, 3.63) is 35.0 Å². The number of benzene rings is 1. The van der Waals surface area contributed by atoms with Gasteiger partial charge in [-0.15, -0.1) is 0 Å². The van der Waals surface area contributed by atoms with Crippen LogP contribution in [0.25, 0.3) is 0 Å². The van der Waals surface area contributed by atoms with Gasteiger partial charge in [0, 0.05) is 19.8 Å². The Labute approximate surface area is 162 Å². The highest BCUT2D eigenvalue weighted by Crippen LogP contribution is 2.69. The molecule has 5 fully saturated rings. The minimum absolute atomic E-state index is 0.166. The van der Waals surface area contributed by atoms with Gasteiger partial charge >= 0.3 is 11.9 Å². The van der Waals surface area contributed by atoms with Crippen molar-refractivity contribution in [2.75, 3.05) is 0 Å². The number of rotatable bonds is 2. The molecular weight excluding hydrogens is 360 g/mol. The molecule has 6 aliphatic rings. The van der Waals surface area contributed by atoms with E-state index in [2.05, 4.69) is 0 Å². The molecule has 28 heavy (non-hydrogen) atoms. The number of aliphatic carboxylic acids is 1. The molecule has 1 aliphatic carbocycles. The Morgan fingerprint density at radius 1 is 1.36 bits per heavy atom. The summed E-state index contributed by atoms with van der Waals surface area (Å²) in [4.78, 5) is 29.1. The molecule has 146 valence electrons. The number of carbonyl (C=O) groups is 2. The van der Waals surface area contributed by atoms with Gasteiger partial charge in [0.25, 0.3) is 0 Å². The van der Waals surface area contributed by atoms with E-state index in [0.717, 1.165) is 17.0 Å². The summed E-state index contributed by atoms with van der Waals surface area (Å²) in [6.45, 7) is 3.18. The van der Waals surface area contributed by atoms with Crippen LogP contribution >= 0.6 is 0 Å². The predicted octanol–water partition coefficient (Wildman–Crippen LogP) is 2.15. The molecule has 1 aromatic rings. The lowest BCUT2D eigenvalue weighted by Crippen LogP contribution is -2.78. The van der Waals surface area contributed by atoms with Crippen LogP contribution < -0.4 is 0 Å². The lowest BCUT2D eigenvalue weighted by molar-refractivity contribution is -0.966. The minimum Gasteiger partial charge on any atom is -0.632 e. The van der Waals surface area contributed by atoms with Gasteiger partial charge < -0.3 is 19.7 Å². The van der Waals surface area contributed by atoms with Crippen LogP contribution in [0.2, 0.25) is 0 Å². The Balaban J connectivity index is 1.63. The van der Waals surface area contributed by atoms with E-state index >= 15 is 0 Å². The smallest absolute Gasteiger partial charge is 0.312 e. The fourth-order valence-electron chi connectivity index (χ4n) is 7.68. The summed E-state index contributed by atoms with van der Waals surface area (Å²) in [5.74, 6) is -2.42. The Kier molecular flexibility index (Phi) is 2.88. The van der Waals surface area contributed by atoms with Gasteiger partial charge in [0.1, 0.15) is 24.1 Å².